The monoisotopic (exact) mass is 434 g/mol. The molecule has 0 unspecified atom stereocenters. The van der Waals surface area contributed by atoms with Gasteiger partial charge in [-0.1, -0.05) is 42.5 Å². The van der Waals surface area contributed by atoms with Crippen LogP contribution in [0.3, 0.4) is 0 Å². The van der Waals surface area contributed by atoms with Crippen molar-refractivity contribution in [2.75, 3.05) is 5.32 Å². The summed E-state index contributed by atoms with van der Waals surface area (Å²) in [6.45, 7) is 0.410. The van der Waals surface area contributed by atoms with Crippen LogP contribution in [0.15, 0.2) is 102 Å². The number of carbonyl (C=O) groups is 1. The van der Waals surface area contributed by atoms with Crippen LogP contribution in [0.5, 0.6) is 0 Å². The van der Waals surface area contributed by atoms with Gasteiger partial charge in [0, 0.05) is 24.5 Å². The van der Waals surface area contributed by atoms with Crippen LogP contribution in [0.2, 0.25) is 0 Å². The lowest BCUT2D eigenvalue weighted by atomic mass is 10.1. The molecule has 33 heavy (non-hydrogen) atoms. The van der Waals surface area contributed by atoms with E-state index in [-0.39, 0.29) is 11.1 Å². The maximum atomic E-state index is 12.9. The second kappa shape index (κ2) is 8.59. The lowest BCUT2D eigenvalue weighted by Gasteiger charge is -2.10. The molecule has 2 aromatic heterocycles. The molecule has 0 spiro atoms. The third kappa shape index (κ3) is 4.06. The van der Waals surface area contributed by atoms with E-state index < -0.39 is 5.91 Å². The van der Waals surface area contributed by atoms with Crippen molar-refractivity contribution in [1.82, 2.24) is 14.1 Å². The Morgan fingerprint density at radius 1 is 0.879 bits per heavy atom. The van der Waals surface area contributed by atoms with Crippen molar-refractivity contribution in [2.45, 2.75) is 6.54 Å². The molecule has 0 radical (unpaired) electrons. The van der Waals surface area contributed by atoms with E-state index in [2.05, 4.69) is 5.32 Å². The molecular formula is C27H22N4O2. The minimum absolute atomic E-state index is 0.104. The van der Waals surface area contributed by atoms with Gasteiger partial charge in [0.05, 0.1) is 17.6 Å². The fraction of sp³-hybridized carbons (Fsp3) is 0.0741. The number of pyridine rings is 1. The molecule has 0 aliphatic carbocycles. The minimum Gasteiger partial charge on any atom is -0.327 e. The molecule has 0 aliphatic rings. The second-order valence-corrected chi connectivity index (χ2v) is 7.86. The van der Waals surface area contributed by atoms with E-state index in [1.807, 2.05) is 90.5 Å². The number of nitrogens with zero attached hydrogens (tertiary/aromatic N) is 3. The van der Waals surface area contributed by atoms with Crippen molar-refractivity contribution in [2.24, 2.45) is 7.05 Å². The van der Waals surface area contributed by atoms with Gasteiger partial charge in [0.2, 0.25) is 0 Å². The fourth-order valence-corrected chi connectivity index (χ4v) is 3.92. The van der Waals surface area contributed by atoms with Crippen molar-refractivity contribution in [1.29, 1.82) is 0 Å². The first kappa shape index (κ1) is 20.5. The lowest BCUT2D eigenvalue weighted by molar-refractivity contribution is 0.102. The molecule has 5 aromatic rings. The molecule has 6 heteroatoms. The van der Waals surface area contributed by atoms with Gasteiger partial charge in [0.15, 0.2) is 0 Å². The van der Waals surface area contributed by atoms with Crippen LogP contribution in [-0.2, 0) is 13.6 Å². The van der Waals surface area contributed by atoms with E-state index in [1.54, 1.807) is 22.9 Å². The smallest absolute Gasteiger partial charge is 0.263 e. The first-order valence-electron chi connectivity index (χ1n) is 10.7. The highest BCUT2D eigenvalue weighted by Crippen LogP contribution is 2.24. The van der Waals surface area contributed by atoms with Gasteiger partial charge in [-0.2, -0.15) is 0 Å². The van der Waals surface area contributed by atoms with E-state index in [1.165, 1.54) is 0 Å². The summed E-state index contributed by atoms with van der Waals surface area (Å²) in [6, 6.07) is 28.4. The van der Waals surface area contributed by atoms with Gasteiger partial charge in [-0.05, 0) is 54.1 Å². The van der Waals surface area contributed by atoms with Crippen molar-refractivity contribution in [3.63, 3.8) is 0 Å². The van der Waals surface area contributed by atoms with Gasteiger partial charge in [-0.15, -0.1) is 0 Å². The number of carbonyl (C=O) groups excluding carboxylic acids is 1. The number of nitrogens with one attached hydrogen (secondary N) is 1. The highest BCUT2D eigenvalue weighted by molar-refractivity contribution is 6.04. The number of rotatable bonds is 5. The molecule has 2 heterocycles. The van der Waals surface area contributed by atoms with Crippen LogP contribution in [0.4, 0.5) is 5.69 Å². The minimum atomic E-state index is -0.433. The normalized spacial score (nSPS) is 10.9. The van der Waals surface area contributed by atoms with Gasteiger partial charge in [0.25, 0.3) is 11.5 Å². The van der Waals surface area contributed by atoms with Crippen LogP contribution in [0.25, 0.3) is 22.4 Å². The molecular weight excluding hydrogens is 412 g/mol. The molecule has 6 nitrogen and oxygen atoms in total. The van der Waals surface area contributed by atoms with Crippen molar-refractivity contribution in [3.8, 4) is 11.4 Å². The van der Waals surface area contributed by atoms with Gasteiger partial charge in [-0.25, -0.2) is 4.98 Å². The highest BCUT2D eigenvalue weighted by Gasteiger charge is 2.14. The molecule has 0 saturated heterocycles. The Labute approximate surface area is 190 Å². The molecule has 0 bridgehead atoms. The van der Waals surface area contributed by atoms with E-state index in [9.17, 15) is 9.59 Å². The van der Waals surface area contributed by atoms with Crippen molar-refractivity contribution in [3.05, 3.63) is 119 Å². The standard InChI is InChI=1S/C27H22N4O2/c1-30-24-12-6-5-11-23(24)29-25(30)20-13-15-21(16-14-20)28-26(32)22-10-7-17-31(27(22)33)18-19-8-3-2-4-9-19/h2-17H,18H2,1H3,(H,28,32). The van der Waals surface area contributed by atoms with E-state index >= 15 is 0 Å². The Morgan fingerprint density at radius 3 is 2.36 bits per heavy atom. The third-order valence-electron chi connectivity index (χ3n) is 5.65. The first-order valence-corrected chi connectivity index (χ1v) is 10.7. The SMILES string of the molecule is Cn1c(-c2ccc(NC(=O)c3cccn(Cc4ccccc4)c3=O)cc2)nc2ccccc21. The Hall–Kier alpha value is -4.45. The summed E-state index contributed by atoms with van der Waals surface area (Å²) in [5.74, 6) is 0.416. The Bertz CT molecular complexity index is 1500. The van der Waals surface area contributed by atoms with Gasteiger partial charge in [-0.3, -0.25) is 9.59 Å². The number of aromatic nitrogens is 3. The Balaban J connectivity index is 1.36. The first-order chi connectivity index (χ1) is 16.1. The van der Waals surface area contributed by atoms with Crippen LogP contribution >= 0.6 is 0 Å². The molecule has 1 N–H and O–H groups in total. The van der Waals surface area contributed by atoms with E-state index in [4.69, 9.17) is 4.98 Å². The quantitative estimate of drug-likeness (QED) is 0.436. The molecule has 162 valence electrons. The van der Waals surface area contributed by atoms with Crippen molar-refractivity contribution < 1.29 is 4.79 Å². The van der Waals surface area contributed by atoms with Crippen molar-refractivity contribution >= 4 is 22.6 Å². The average molecular weight is 434 g/mol. The number of aryl methyl sites for hydroxylation is 1. The molecule has 0 saturated carbocycles. The van der Waals surface area contributed by atoms with Crippen LogP contribution in [0.1, 0.15) is 15.9 Å². The van der Waals surface area contributed by atoms with Gasteiger partial charge in [0.1, 0.15) is 11.4 Å². The summed E-state index contributed by atoms with van der Waals surface area (Å²) in [4.78, 5) is 30.4. The summed E-state index contributed by atoms with van der Waals surface area (Å²) in [5, 5.41) is 2.83. The summed E-state index contributed by atoms with van der Waals surface area (Å²) < 4.78 is 3.58. The maximum absolute atomic E-state index is 12.9. The number of anilines is 1. The number of benzene rings is 3. The summed E-state index contributed by atoms with van der Waals surface area (Å²) in [6.07, 6.45) is 1.69. The number of hydrogen-bond acceptors (Lipinski definition) is 3. The molecule has 5 rings (SSSR count). The third-order valence-corrected chi connectivity index (χ3v) is 5.65. The summed E-state index contributed by atoms with van der Waals surface area (Å²) >= 11 is 0. The van der Waals surface area contributed by atoms with Crippen LogP contribution < -0.4 is 10.9 Å². The number of hydrogen-bond donors (Lipinski definition) is 1. The summed E-state index contributed by atoms with van der Waals surface area (Å²) in [7, 11) is 1.98. The second-order valence-electron chi connectivity index (χ2n) is 7.86. The zero-order valence-corrected chi connectivity index (χ0v) is 18.1. The zero-order chi connectivity index (χ0) is 22.8. The maximum Gasteiger partial charge on any atom is 0.263 e. The van der Waals surface area contributed by atoms with E-state index in [0.29, 0.717) is 12.2 Å². The topological polar surface area (TPSA) is 68.9 Å². The number of amides is 1. The zero-order valence-electron chi connectivity index (χ0n) is 18.1. The Morgan fingerprint density at radius 2 is 1.61 bits per heavy atom. The average Bonchev–Trinajstić information content (AvgIpc) is 3.18. The predicted molar refractivity (Wildman–Crippen MR) is 130 cm³/mol. The Kier molecular flexibility index (Phi) is 5.32. The van der Waals surface area contributed by atoms with Crippen LogP contribution in [-0.4, -0.2) is 20.0 Å². The number of imidazole rings is 1. The summed E-state index contributed by atoms with van der Waals surface area (Å²) in [5.41, 5.74) is 4.32. The highest BCUT2D eigenvalue weighted by atomic mass is 16.2. The largest absolute Gasteiger partial charge is 0.327 e. The number of fused-ring (bicyclic) bond motifs is 1. The predicted octanol–water partition coefficient (Wildman–Crippen LogP) is 4.70. The molecule has 0 aliphatic heterocycles. The molecule has 1 amide bonds. The molecule has 3 aromatic carbocycles. The molecule has 0 fully saturated rings. The van der Waals surface area contributed by atoms with E-state index in [0.717, 1.165) is 28.0 Å². The van der Waals surface area contributed by atoms with Gasteiger partial charge >= 0.3 is 0 Å². The number of para-hydroxylation sites is 2. The van der Waals surface area contributed by atoms with Gasteiger partial charge < -0.3 is 14.5 Å². The lowest BCUT2D eigenvalue weighted by Crippen LogP contribution is -2.29. The fourth-order valence-electron chi connectivity index (χ4n) is 3.92. The molecule has 0 atom stereocenters. The van der Waals surface area contributed by atoms with Crippen LogP contribution in [0, 0.1) is 0 Å².